The van der Waals surface area contributed by atoms with Crippen LogP contribution in [0.1, 0.15) is 5.76 Å². The monoisotopic (exact) mass is 311 g/mol. The third-order valence-corrected chi connectivity index (χ3v) is 3.05. The molecule has 2 aromatic rings. The number of anilines is 2. The molecule has 1 amide bonds. The van der Waals surface area contributed by atoms with Crippen LogP contribution in [0.15, 0.2) is 46.4 Å². The van der Waals surface area contributed by atoms with Gasteiger partial charge in [-0.15, -0.1) is 0 Å². The van der Waals surface area contributed by atoms with E-state index in [-0.39, 0.29) is 5.57 Å². The Labute approximate surface area is 134 Å². The van der Waals surface area contributed by atoms with E-state index in [1.165, 1.54) is 6.08 Å². The maximum Gasteiger partial charge on any atom is 0.266 e. The number of hydrogen-bond acceptors (Lipinski definition) is 5. The van der Waals surface area contributed by atoms with Gasteiger partial charge in [0.15, 0.2) is 5.88 Å². The quantitative estimate of drug-likeness (QED) is 0.678. The number of hydrogen-bond donors (Lipinski definition) is 1. The third-order valence-electron chi connectivity index (χ3n) is 3.05. The first-order valence-electron chi connectivity index (χ1n) is 6.88. The van der Waals surface area contributed by atoms with Crippen molar-refractivity contribution >= 4 is 23.6 Å². The Morgan fingerprint density at radius 3 is 2.48 bits per heavy atom. The van der Waals surface area contributed by atoms with E-state index in [4.69, 9.17) is 9.15 Å². The van der Waals surface area contributed by atoms with Crippen molar-refractivity contribution in [1.29, 1.82) is 5.26 Å². The highest BCUT2D eigenvalue weighted by Crippen LogP contribution is 2.19. The van der Waals surface area contributed by atoms with Gasteiger partial charge in [-0.3, -0.25) is 4.79 Å². The van der Waals surface area contributed by atoms with Crippen molar-refractivity contribution in [2.45, 2.75) is 0 Å². The van der Waals surface area contributed by atoms with Gasteiger partial charge >= 0.3 is 0 Å². The van der Waals surface area contributed by atoms with E-state index in [0.29, 0.717) is 23.1 Å². The molecule has 1 aromatic carbocycles. The molecule has 0 saturated carbocycles. The molecule has 1 aromatic heterocycles. The predicted molar refractivity (Wildman–Crippen MR) is 88.2 cm³/mol. The van der Waals surface area contributed by atoms with Crippen LogP contribution in [0.3, 0.4) is 0 Å². The summed E-state index contributed by atoms with van der Waals surface area (Å²) in [5.74, 6) is 1.27. The number of rotatable bonds is 5. The normalized spacial score (nSPS) is 10.8. The number of nitrogens with one attached hydrogen (secondary N) is 1. The Bertz CT molecular complexity index is 752. The number of carbonyl (C=O) groups excluding carboxylic acids is 1. The van der Waals surface area contributed by atoms with Crippen LogP contribution in [0, 0.1) is 11.3 Å². The lowest BCUT2D eigenvalue weighted by atomic mass is 10.2. The first-order valence-corrected chi connectivity index (χ1v) is 6.88. The van der Waals surface area contributed by atoms with Crippen molar-refractivity contribution in [2.75, 3.05) is 31.4 Å². The van der Waals surface area contributed by atoms with Crippen LogP contribution in [0.5, 0.6) is 5.75 Å². The molecule has 118 valence electrons. The molecule has 6 nitrogen and oxygen atoms in total. The summed E-state index contributed by atoms with van der Waals surface area (Å²) in [5.41, 5.74) is 0.533. The van der Waals surface area contributed by atoms with E-state index in [0.717, 1.165) is 0 Å². The van der Waals surface area contributed by atoms with Crippen LogP contribution < -0.4 is 15.0 Å². The molecule has 0 saturated heterocycles. The van der Waals surface area contributed by atoms with E-state index in [9.17, 15) is 10.1 Å². The van der Waals surface area contributed by atoms with E-state index in [1.54, 1.807) is 48.4 Å². The predicted octanol–water partition coefficient (Wildman–Crippen LogP) is 2.90. The molecule has 0 aliphatic heterocycles. The molecule has 0 aliphatic rings. The highest BCUT2D eigenvalue weighted by molar-refractivity contribution is 6.09. The van der Waals surface area contributed by atoms with Gasteiger partial charge in [-0.05, 0) is 30.3 Å². The fraction of sp³-hybridized carbons (Fsp3) is 0.176. The lowest BCUT2D eigenvalue weighted by Crippen LogP contribution is -2.13. The average Bonchev–Trinajstić information content (AvgIpc) is 3.02. The third kappa shape index (κ3) is 4.14. The Balaban J connectivity index is 2.13. The smallest absolute Gasteiger partial charge is 0.266 e. The minimum atomic E-state index is -0.500. The summed E-state index contributed by atoms with van der Waals surface area (Å²) >= 11 is 0. The zero-order chi connectivity index (χ0) is 16.8. The summed E-state index contributed by atoms with van der Waals surface area (Å²) in [5, 5.41) is 11.8. The van der Waals surface area contributed by atoms with Gasteiger partial charge in [0.1, 0.15) is 23.2 Å². The first kappa shape index (κ1) is 16.2. The Kier molecular flexibility index (Phi) is 5.05. The first-order chi connectivity index (χ1) is 11.0. The van der Waals surface area contributed by atoms with Crippen LogP contribution in [0.4, 0.5) is 11.6 Å². The number of ether oxygens (including phenoxy) is 1. The Hall–Kier alpha value is -3.20. The van der Waals surface area contributed by atoms with Crippen molar-refractivity contribution < 1.29 is 13.9 Å². The van der Waals surface area contributed by atoms with E-state index in [1.807, 2.05) is 20.2 Å². The summed E-state index contributed by atoms with van der Waals surface area (Å²) in [6.07, 6.45) is 1.41. The highest BCUT2D eigenvalue weighted by Gasteiger charge is 2.11. The Morgan fingerprint density at radius 1 is 1.26 bits per heavy atom. The molecule has 2 rings (SSSR count). The summed E-state index contributed by atoms with van der Waals surface area (Å²) in [7, 11) is 5.25. The number of amides is 1. The Morgan fingerprint density at radius 2 is 1.96 bits per heavy atom. The van der Waals surface area contributed by atoms with Crippen molar-refractivity contribution in [3.63, 3.8) is 0 Å². The standard InChI is InChI=1S/C17H17N3O3/c1-20(2)16-9-8-15(23-16)10-12(11-18)17(21)19-13-4-6-14(22-3)7-5-13/h4-10H,1-3H3,(H,19,21). The second-order valence-electron chi connectivity index (χ2n) is 4.92. The molecule has 0 fully saturated rings. The van der Waals surface area contributed by atoms with Crippen molar-refractivity contribution in [3.05, 3.63) is 47.7 Å². The second-order valence-corrected chi connectivity index (χ2v) is 4.92. The maximum atomic E-state index is 12.2. The summed E-state index contributed by atoms with van der Waals surface area (Å²) in [6, 6.07) is 12.2. The molecule has 23 heavy (non-hydrogen) atoms. The number of carbonyl (C=O) groups is 1. The molecule has 0 spiro atoms. The van der Waals surface area contributed by atoms with Gasteiger partial charge in [0.25, 0.3) is 5.91 Å². The van der Waals surface area contributed by atoms with Crippen molar-refractivity contribution in [3.8, 4) is 11.8 Å². The van der Waals surface area contributed by atoms with Gasteiger partial charge in [-0.25, -0.2) is 0 Å². The highest BCUT2D eigenvalue weighted by atomic mass is 16.5. The van der Waals surface area contributed by atoms with Crippen LogP contribution in [-0.2, 0) is 4.79 Å². The molecule has 0 aliphatic carbocycles. The summed E-state index contributed by atoms with van der Waals surface area (Å²) in [6.45, 7) is 0. The molecule has 1 heterocycles. The number of nitrogens with zero attached hydrogens (tertiary/aromatic N) is 2. The average molecular weight is 311 g/mol. The second kappa shape index (κ2) is 7.18. The van der Waals surface area contributed by atoms with E-state index >= 15 is 0 Å². The number of furan rings is 1. The van der Waals surface area contributed by atoms with Gasteiger partial charge < -0.3 is 19.4 Å². The van der Waals surface area contributed by atoms with Crippen molar-refractivity contribution in [1.82, 2.24) is 0 Å². The number of nitriles is 1. The number of benzene rings is 1. The van der Waals surface area contributed by atoms with Crippen LogP contribution in [0.2, 0.25) is 0 Å². The van der Waals surface area contributed by atoms with Gasteiger partial charge in [0.05, 0.1) is 7.11 Å². The lowest BCUT2D eigenvalue weighted by Gasteiger charge is -2.06. The minimum absolute atomic E-state index is 0.0412. The summed E-state index contributed by atoms with van der Waals surface area (Å²) < 4.78 is 10.6. The zero-order valence-corrected chi connectivity index (χ0v) is 13.2. The van der Waals surface area contributed by atoms with Gasteiger partial charge in [0, 0.05) is 31.9 Å². The molecule has 1 N–H and O–H groups in total. The zero-order valence-electron chi connectivity index (χ0n) is 13.2. The van der Waals surface area contributed by atoms with Gasteiger partial charge in [-0.1, -0.05) is 0 Å². The van der Waals surface area contributed by atoms with E-state index in [2.05, 4.69) is 5.32 Å². The fourth-order valence-corrected chi connectivity index (χ4v) is 1.82. The number of methoxy groups -OCH3 is 1. The topological polar surface area (TPSA) is 78.5 Å². The molecule has 0 unspecified atom stereocenters. The summed E-state index contributed by atoms with van der Waals surface area (Å²) in [4.78, 5) is 14.0. The SMILES string of the molecule is COc1ccc(NC(=O)C(C#N)=Cc2ccc(N(C)C)o2)cc1. The van der Waals surface area contributed by atoms with Gasteiger partial charge in [-0.2, -0.15) is 5.26 Å². The molecular weight excluding hydrogens is 294 g/mol. The van der Waals surface area contributed by atoms with Crippen LogP contribution >= 0.6 is 0 Å². The largest absolute Gasteiger partial charge is 0.497 e. The fourth-order valence-electron chi connectivity index (χ4n) is 1.82. The van der Waals surface area contributed by atoms with Gasteiger partial charge in [0.2, 0.25) is 0 Å². The van der Waals surface area contributed by atoms with Crippen molar-refractivity contribution in [2.24, 2.45) is 0 Å². The molecule has 0 atom stereocenters. The van der Waals surface area contributed by atoms with E-state index < -0.39 is 5.91 Å². The maximum absolute atomic E-state index is 12.2. The molecular formula is C17H17N3O3. The molecule has 6 heteroatoms. The minimum Gasteiger partial charge on any atom is -0.497 e. The van der Waals surface area contributed by atoms with Crippen LogP contribution in [0.25, 0.3) is 6.08 Å². The lowest BCUT2D eigenvalue weighted by molar-refractivity contribution is -0.112. The molecule has 0 radical (unpaired) electrons. The van der Waals surface area contributed by atoms with Crippen LogP contribution in [-0.4, -0.2) is 27.1 Å². The molecule has 0 bridgehead atoms.